The lowest BCUT2D eigenvalue weighted by Crippen LogP contribution is -2.12. The van der Waals surface area contributed by atoms with Crippen molar-refractivity contribution in [2.24, 2.45) is 0 Å². The number of carbonyl (C=O) groups is 1. The molecule has 2 N–H and O–H groups in total. The molecule has 0 saturated carbocycles. The van der Waals surface area contributed by atoms with E-state index in [-0.39, 0.29) is 17.4 Å². The fraction of sp³-hybridized carbons (Fsp3) is 0.0588. The molecule has 0 spiro atoms. The Balaban J connectivity index is 1.76. The SMILES string of the molecule is Cc1ccc(-c2nc(C(=O)Nc3ccc(F)cc3)c[nH]2)cc1. The van der Waals surface area contributed by atoms with E-state index in [9.17, 15) is 9.18 Å². The quantitative estimate of drug-likeness (QED) is 0.772. The van der Waals surface area contributed by atoms with Crippen molar-refractivity contribution in [3.63, 3.8) is 0 Å². The number of imidazole rings is 1. The third-order valence-electron chi connectivity index (χ3n) is 3.24. The van der Waals surface area contributed by atoms with Crippen molar-refractivity contribution >= 4 is 11.6 Å². The number of rotatable bonds is 3. The number of anilines is 1. The van der Waals surface area contributed by atoms with Gasteiger partial charge in [0.2, 0.25) is 0 Å². The van der Waals surface area contributed by atoms with Crippen LogP contribution < -0.4 is 5.32 Å². The summed E-state index contributed by atoms with van der Waals surface area (Å²) < 4.78 is 12.8. The Morgan fingerprint density at radius 3 is 2.45 bits per heavy atom. The van der Waals surface area contributed by atoms with Gasteiger partial charge >= 0.3 is 0 Å². The molecule has 1 aromatic heterocycles. The van der Waals surface area contributed by atoms with E-state index in [0.717, 1.165) is 11.1 Å². The maximum atomic E-state index is 12.8. The minimum absolute atomic E-state index is 0.278. The summed E-state index contributed by atoms with van der Waals surface area (Å²) in [6, 6.07) is 13.4. The molecule has 2 aromatic carbocycles. The zero-order valence-electron chi connectivity index (χ0n) is 11.9. The van der Waals surface area contributed by atoms with Gasteiger partial charge < -0.3 is 10.3 Å². The van der Waals surface area contributed by atoms with Crippen LogP contribution in [-0.4, -0.2) is 15.9 Å². The number of amides is 1. The van der Waals surface area contributed by atoms with E-state index in [2.05, 4.69) is 15.3 Å². The first-order valence-electron chi connectivity index (χ1n) is 6.81. The summed E-state index contributed by atoms with van der Waals surface area (Å²) in [5, 5.41) is 2.67. The predicted molar refractivity (Wildman–Crippen MR) is 83.1 cm³/mol. The molecule has 0 aliphatic carbocycles. The molecule has 0 bridgehead atoms. The topological polar surface area (TPSA) is 57.8 Å². The summed E-state index contributed by atoms with van der Waals surface area (Å²) in [4.78, 5) is 19.4. The highest BCUT2D eigenvalue weighted by Gasteiger charge is 2.11. The molecular weight excluding hydrogens is 281 g/mol. The average Bonchev–Trinajstić information content (AvgIpc) is 3.00. The smallest absolute Gasteiger partial charge is 0.275 e. The number of nitrogens with one attached hydrogen (secondary N) is 2. The van der Waals surface area contributed by atoms with Gasteiger partial charge in [-0.25, -0.2) is 9.37 Å². The molecule has 0 aliphatic rings. The van der Waals surface area contributed by atoms with Crippen LogP contribution >= 0.6 is 0 Å². The lowest BCUT2D eigenvalue weighted by molar-refractivity contribution is 0.102. The number of benzene rings is 2. The van der Waals surface area contributed by atoms with Crippen LogP contribution in [0.1, 0.15) is 16.1 Å². The molecule has 0 atom stereocenters. The summed E-state index contributed by atoms with van der Waals surface area (Å²) in [5.74, 6) is -0.0649. The number of aryl methyl sites for hydroxylation is 1. The predicted octanol–water partition coefficient (Wildman–Crippen LogP) is 3.78. The van der Waals surface area contributed by atoms with Crippen LogP contribution in [0.5, 0.6) is 0 Å². The van der Waals surface area contributed by atoms with Crippen molar-refractivity contribution in [2.45, 2.75) is 6.92 Å². The standard InChI is InChI=1S/C17H14FN3O/c1-11-2-4-12(5-3-11)16-19-10-15(21-16)17(22)20-14-8-6-13(18)7-9-14/h2-10H,1H3,(H,19,21)(H,20,22). The molecule has 1 heterocycles. The van der Waals surface area contributed by atoms with Crippen LogP contribution in [0.4, 0.5) is 10.1 Å². The molecule has 22 heavy (non-hydrogen) atoms. The number of aromatic nitrogens is 2. The van der Waals surface area contributed by atoms with Gasteiger partial charge in [0.15, 0.2) is 0 Å². The van der Waals surface area contributed by atoms with Gasteiger partial charge in [0.05, 0.1) is 0 Å². The van der Waals surface area contributed by atoms with Crippen molar-refractivity contribution in [1.82, 2.24) is 9.97 Å². The van der Waals surface area contributed by atoms with Gasteiger partial charge in [0.1, 0.15) is 17.3 Å². The Bertz CT molecular complexity index is 792. The summed E-state index contributed by atoms with van der Waals surface area (Å²) in [6.45, 7) is 2.01. The maximum Gasteiger partial charge on any atom is 0.275 e. The Kier molecular flexibility index (Phi) is 3.70. The monoisotopic (exact) mass is 295 g/mol. The normalized spacial score (nSPS) is 10.5. The molecule has 0 aliphatic heterocycles. The molecular formula is C17H14FN3O. The average molecular weight is 295 g/mol. The van der Waals surface area contributed by atoms with Crippen LogP contribution in [0.2, 0.25) is 0 Å². The molecule has 1 amide bonds. The molecule has 0 unspecified atom stereocenters. The number of hydrogen-bond donors (Lipinski definition) is 2. The lowest BCUT2D eigenvalue weighted by Gasteiger charge is -2.02. The highest BCUT2D eigenvalue weighted by molar-refractivity contribution is 6.03. The van der Waals surface area contributed by atoms with Crippen LogP contribution in [0.15, 0.2) is 54.7 Å². The molecule has 110 valence electrons. The van der Waals surface area contributed by atoms with Gasteiger partial charge in [0, 0.05) is 17.4 Å². The van der Waals surface area contributed by atoms with Crippen LogP contribution in [0, 0.1) is 12.7 Å². The summed E-state index contributed by atoms with van der Waals surface area (Å²) >= 11 is 0. The summed E-state index contributed by atoms with van der Waals surface area (Å²) in [5.41, 5.74) is 2.86. The first-order valence-corrected chi connectivity index (χ1v) is 6.81. The number of halogens is 1. The van der Waals surface area contributed by atoms with Gasteiger partial charge in [-0.05, 0) is 31.2 Å². The number of nitrogens with zero attached hydrogens (tertiary/aromatic N) is 1. The van der Waals surface area contributed by atoms with Gasteiger partial charge in [0.25, 0.3) is 5.91 Å². The van der Waals surface area contributed by atoms with E-state index >= 15 is 0 Å². The largest absolute Gasteiger partial charge is 0.344 e. The Labute approximate surface area is 127 Å². The van der Waals surface area contributed by atoms with Gasteiger partial charge in [-0.3, -0.25) is 4.79 Å². The third-order valence-corrected chi connectivity index (χ3v) is 3.24. The first-order chi connectivity index (χ1) is 10.6. The van der Waals surface area contributed by atoms with Crippen molar-refractivity contribution in [3.8, 4) is 11.4 Å². The summed E-state index contributed by atoms with van der Waals surface area (Å²) in [6.07, 6.45) is 1.55. The molecule has 0 fully saturated rings. The molecule has 4 nitrogen and oxygen atoms in total. The van der Waals surface area contributed by atoms with E-state index in [0.29, 0.717) is 11.5 Å². The number of aromatic amines is 1. The highest BCUT2D eigenvalue weighted by Crippen LogP contribution is 2.17. The molecule has 5 heteroatoms. The van der Waals surface area contributed by atoms with Gasteiger partial charge in [-0.1, -0.05) is 29.8 Å². The fourth-order valence-corrected chi connectivity index (χ4v) is 2.03. The second kappa shape index (κ2) is 5.81. The summed E-state index contributed by atoms with van der Waals surface area (Å²) in [7, 11) is 0. The number of H-pyrrole nitrogens is 1. The number of hydrogen-bond acceptors (Lipinski definition) is 2. The second-order valence-electron chi connectivity index (χ2n) is 4.96. The minimum Gasteiger partial charge on any atom is -0.344 e. The molecule has 3 aromatic rings. The van der Waals surface area contributed by atoms with Gasteiger partial charge in [-0.15, -0.1) is 0 Å². The Hall–Kier alpha value is -2.95. The molecule has 3 rings (SSSR count). The third kappa shape index (κ3) is 3.03. The van der Waals surface area contributed by atoms with E-state index in [1.54, 1.807) is 6.20 Å². The Morgan fingerprint density at radius 1 is 1.09 bits per heavy atom. The highest BCUT2D eigenvalue weighted by atomic mass is 19.1. The molecule has 0 radical (unpaired) electrons. The van der Waals surface area contributed by atoms with Crippen LogP contribution in [0.25, 0.3) is 11.4 Å². The Morgan fingerprint density at radius 2 is 1.77 bits per heavy atom. The zero-order chi connectivity index (χ0) is 15.5. The van der Waals surface area contributed by atoms with Crippen LogP contribution in [0.3, 0.4) is 0 Å². The first kappa shape index (κ1) is 14.0. The van der Waals surface area contributed by atoms with Gasteiger partial charge in [-0.2, -0.15) is 0 Å². The van der Waals surface area contributed by atoms with Crippen molar-refractivity contribution in [2.75, 3.05) is 5.32 Å². The van der Waals surface area contributed by atoms with E-state index in [1.165, 1.54) is 24.3 Å². The fourth-order valence-electron chi connectivity index (χ4n) is 2.03. The van der Waals surface area contributed by atoms with Crippen molar-refractivity contribution in [1.29, 1.82) is 0 Å². The van der Waals surface area contributed by atoms with Crippen molar-refractivity contribution in [3.05, 3.63) is 71.8 Å². The van der Waals surface area contributed by atoms with Crippen LogP contribution in [-0.2, 0) is 0 Å². The maximum absolute atomic E-state index is 12.8. The number of carbonyl (C=O) groups excluding carboxylic acids is 1. The lowest BCUT2D eigenvalue weighted by atomic mass is 10.1. The zero-order valence-corrected chi connectivity index (χ0v) is 11.9. The van der Waals surface area contributed by atoms with E-state index < -0.39 is 0 Å². The minimum atomic E-state index is -0.348. The van der Waals surface area contributed by atoms with Crippen molar-refractivity contribution < 1.29 is 9.18 Å². The molecule has 0 saturated heterocycles. The second-order valence-corrected chi connectivity index (χ2v) is 4.96. The van der Waals surface area contributed by atoms with E-state index in [1.807, 2.05) is 31.2 Å². The van der Waals surface area contributed by atoms with E-state index in [4.69, 9.17) is 0 Å².